The zero-order valence-corrected chi connectivity index (χ0v) is 14.0. The average Bonchev–Trinajstić information content (AvgIpc) is 2.94. The Morgan fingerprint density at radius 3 is 2.71 bits per heavy atom. The van der Waals surface area contributed by atoms with Gasteiger partial charge < -0.3 is 4.42 Å². The van der Waals surface area contributed by atoms with Crippen molar-refractivity contribution in [1.82, 2.24) is 5.43 Å². The van der Waals surface area contributed by atoms with Gasteiger partial charge in [-0.3, -0.25) is 5.84 Å². The van der Waals surface area contributed by atoms with E-state index in [1.807, 2.05) is 12.1 Å². The van der Waals surface area contributed by atoms with Crippen LogP contribution in [-0.4, -0.2) is 0 Å². The molecule has 1 saturated carbocycles. The molecule has 1 heterocycles. The van der Waals surface area contributed by atoms with Crippen molar-refractivity contribution in [2.24, 2.45) is 17.7 Å². The van der Waals surface area contributed by atoms with Crippen LogP contribution in [0.3, 0.4) is 0 Å². The number of hydrogen-bond acceptors (Lipinski definition) is 3. The minimum Gasteiger partial charge on any atom is -0.458 e. The third-order valence-corrected chi connectivity index (χ3v) is 5.57. The number of para-hydroxylation sites is 1. The predicted octanol–water partition coefficient (Wildman–Crippen LogP) is 4.92. The second-order valence-electron chi connectivity index (χ2n) is 6.14. The molecule has 4 heteroatoms. The van der Waals surface area contributed by atoms with Crippen LogP contribution in [0.25, 0.3) is 11.0 Å². The Bertz CT molecular complexity index is 602. The minimum atomic E-state index is 0.113. The summed E-state index contributed by atoms with van der Waals surface area (Å²) in [5.74, 6) is 8.26. The number of rotatable bonds is 4. The lowest BCUT2D eigenvalue weighted by Crippen LogP contribution is -2.35. The maximum Gasteiger partial charge on any atom is 0.148 e. The number of hydrazine groups is 1. The number of furan rings is 1. The van der Waals surface area contributed by atoms with Gasteiger partial charge in [0.25, 0.3) is 0 Å². The number of hydrogen-bond donors (Lipinski definition) is 2. The molecule has 0 radical (unpaired) electrons. The highest BCUT2D eigenvalue weighted by Gasteiger charge is 2.29. The van der Waals surface area contributed by atoms with Gasteiger partial charge in [-0.15, -0.1) is 0 Å². The van der Waals surface area contributed by atoms with Crippen molar-refractivity contribution in [3.63, 3.8) is 0 Å². The first-order valence-electron chi connectivity index (χ1n) is 7.87. The fraction of sp³-hybridized carbons (Fsp3) is 0.529. The van der Waals surface area contributed by atoms with E-state index in [2.05, 4.69) is 40.4 Å². The summed E-state index contributed by atoms with van der Waals surface area (Å²) in [5, 5.41) is 1.13. The summed E-state index contributed by atoms with van der Waals surface area (Å²) in [6.45, 7) is 2.29. The normalized spacial score (nSPS) is 24.3. The summed E-state index contributed by atoms with van der Waals surface area (Å²) < 4.78 is 7.07. The molecule has 3 rings (SSSR count). The van der Waals surface area contributed by atoms with Gasteiger partial charge in [0.1, 0.15) is 11.3 Å². The van der Waals surface area contributed by atoms with Gasteiger partial charge in [0, 0.05) is 5.39 Å². The van der Waals surface area contributed by atoms with E-state index in [-0.39, 0.29) is 6.04 Å². The Kier molecular flexibility index (Phi) is 4.67. The van der Waals surface area contributed by atoms with Crippen LogP contribution in [0.5, 0.6) is 0 Å². The van der Waals surface area contributed by atoms with Gasteiger partial charge in [0.05, 0.1) is 10.5 Å². The van der Waals surface area contributed by atoms with Crippen LogP contribution in [0.1, 0.15) is 50.8 Å². The Balaban J connectivity index is 1.83. The molecule has 0 bridgehead atoms. The molecule has 1 fully saturated rings. The predicted molar refractivity (Wildman–Crippen MR) is 89.7 cm³/mol. The van der Waals surface area contributed by atoms with E-state index in [4.69, 9.17) is 10.3 Å². The molecule has 0 aliphatic heterocycles. The van der Waals surface area contributed by atoms with Crippen molar-refractivity contribution >= 4 is 26.9 Å². The van der Waals surface area contributed by atoms with Gasteiger partial charge in [-0.25, -0.2) is 5.43 Å². The highest BCUT2D eigenvalue weighted by Crippen LogP contribution is 2.39. The number of benzene rings is 1. The molecule has 1 atom stereocenters. The molecule has 3 N–H and O–H groups in total. The van der Waals surface area contributed by atoms with Crippen molar-refractivity contribution < 1.29 is 4.42 Å². The first-order valence-corrected chi connectivity index (χ1v) is 8.66. The Hall–Kier alpha value is -0.840. The van der Waals surface area contributed by atoms with Crippen LogP contribution in [-0.2, 0) is 0 Å². The topological polar surface area (TPSA) is 51.2 Å². The lowest BCUT2D eigenvalue weighted by Gasteiger charge is -2.32. The van der Waals surface area contributed by atoms with Crippen LogP contribution in [0.15, 0.2) is 33.2 Å². The van der Waals surface area contributed by atoms with Crippen LogP contribution < -0.4 is 11.3 Å². The summed E-state index contributed by atoms with van der Waals surface area (Å²) >= 11 is 3.55. The number of nitrogens with two attached hydrogens (primary N) is 1. The second-order valence-corrected chi connectivity index (χ2v) is 6.99. The molecule has 1 aromatic heterocycles. The van der Waals surface area contributed by atoms with E-state index in [1.54, 1.807) is 0 Å². The zero-order valence-electron chi connectivity index (χ0n) is 12.4. The molecule has 3 nitrogen and oxygen atoms in total. The van der Waals surface area contributed by atoms with Gasteiger partial charge in [0.15, 0.2) is 0 Å². The van der Waals surface area contributed by atoms with Crippen LogP contribution in [0.4, 0.5) is 0 Å². The van der Waals surface area contributed by atoms with E-state index in [9.17, 15) is 0 Å². The first kappa shape index (κ1) is 15.1. The first-order chi connectivity index (χ1) is 10.2. The molecular weight excluding hydrogens is 328 g/mol. The average molecular weight is 351 g/mol. The molecule has 1 aliphatic rings. The third kappa shape index (κ3) is 3.03. The van der Waals surface area contributed by atoms with Crippen molar-refractivity contribution in [2.45, 2.75) is 45.1 Å². The standard InChI is InChI=1S/C17H23BrN2O/c1-2-11-6-8-12(9-7-11)16(20-19)15-10-13-4-3-5-14(18)17(13)21-15/h3-5,10-12,16,20H,2,6-9,19H2,1H3. The maximum atomic E-state index is 6.07. The Labute approximate surface area is 134 Å². The van der Waals surface area contributed by atoms with Crippen LogP contribution >= 0.6 is 15.9 Å². The number of halogens is 1. The fourth-order valence-electron chi connectivity index (χ4n) is 3.58. The minimum absolute atomic E-state index is 0.113. The summed E-state index contributed by atoms with van der Waals surface area (Å²) in [6, 6.07) is 8.35. The summed E-state index contributed by atoms with van der Waals surface area (Å²) in [5.41, 5.74) is 3.90. The molecule has 1 aliphatic carbocycles. The van der Waals surface area contributed by atoms with Gasteiger partial charge >= 0.3 is 0 Å². The number of nitrogens with one attached hydrogen (secondary N) is 1. The maximum absolute atomic E-state index is 6.07. The highest BCUT2D eigenvalue weighted by atomic mass is 79.9. The highest BCUT2D eigenvalue weighted by molar-refractivity contribution is 9.10. The zero-order chi connectivity index (χ0) is 14.8. The smallest absolute Gasteiger partial charge is 0.148 e. The molecule has 2 aromatic rings. The quantitative estimate of drug-likeness (QED) is 0.607. The Morgan fingerprint density at radius 2 is 2.10 bits per heavy atom. The molecule has 1 unspecified atom stereocenters. The van der Waals surface area contributed by atoms with Gasteiger partial charge in [-0.1, -0.05) is 38.3 Å². The third-order valence-electron chi connectivity index (χ3n) is 4.94. The summed E-state index contributed by atoms with van der Waals surface area (Å²) in [6.07, 6.45) is 6.37. The lowest BCUT2D eigenvalue weighted by atomic mass is 9.77. The van der Waals surface area contributed by atoms with Gasteiger partial charge in [-0.05, 0) is 52.7 Å². The molecule has 0 saturated heterocycles. The van der Waals surface area contributed by atoms with E-state index in [0.29, 0.717) is 5.92 Å². The monoisotopic (exact) mass is 350 g/mol. The largest absolute Gasteiger partial charge is 0.458 e. The Morgan fingerprint density at radius 1 is 1.33 bits per heavy atom. The number of fused-ring (bicyclic) bond motifs is 1. The second kappa shape index (κ2) is 6.51. The van der Waals surface area contributed by atoms with Crippen molar-refractivity contribution in [1.29, 1.82) is 0 Å². The lowest BCUT2D eigenvalue weighted by molar-refractivity contribution is 0.205. The molecule has 1 aromatic carbocycles. The molecule has 114 valence electrons. The molecule has 21 heavy (non-hydrogen) atoms. The van der Waals surface area contributed by atoms with Gasteiger partial charge in [0.2, 0.25) is 0 Å². The molecular formula is C17H23BrN2O. The SMILES string of the molecule is CCC1CCC(C(NN)c2cc3cccc(Br)c3o2)CC1. The van der Waals surface area contributed by atoms with Crippen molar-refractivity contribution in [2.75, 3.05) is 0 Å². The fourth-order valence-corrected chi connectivity index (χ4v) is 4.04. The van der Waals surface area contributed by atoms with Crippen LogP contribution in [0, 0.1) is 11.8 Å². The molecule has 0 amide bonds. The summed E-state index contributed by atoms with van der Waals surface area (Å²) in [7, 11) is 0. The van der Waals surface area contributed by atoms with Crippen molar-refractivity contribution in [3.05, 3.63) is 34.5 Å². The van der Waals surface area contributed by atoms with Gasteiger partial charge in [-0.2, -0.15) is 0 Å². The van der Waals surface area contributed by atoms with E-state index in [1.165, 1.54) is 32.1 Å². The van der Waals surface area contributed by atoms with Crippen LogP contribution in [0.2, 0.25) is 0 Å². The van der Waals surface area contributed by atoms with Crippen molar-refractivity contribution in [3.8, 4) is 0 Å². The van der Waals surface area contributed by atoms with E-state index < -0.39 is 0 Å². The molecule has 0 spiro atoms. The van der Waals surface area contributed by atoms with E-state index >= 15 is 0 Å². The van der Waals surface area contributed by atoms with E-state index in [0.717, 1.165) is 27.1 Å². The summed E-state index contributed by atoms with van der Waals surface area (Å²) in [4.78, 5) is 0.